The summed E-state index contributed by atoms with van der Waals surface area (Å²) in [6.45, 7) is 4.21. The fourth-order valence-corrected chi connectivity index (χ4v) is 5.50. The molecule has 8 nitrogen and oxygen atoms in total. The van der Waals surface area contributed by atoms with Crippen LogP contribution in [-0.4, -0.2) is 83.1 Å². The van der Waals surface area contributed by atoms with Gasteiger partial charge in [0.25, 0.3) is 0 Å². The number of thiophene rings is 1. The average molecular weight is 619 g/mol. The number of aliphatic hydroxyl groups excluding tert-OH is 1. The van der Waals surface area contributed by atoms with Crippen LogP contribution in [0.15, 0.2) is 52.3 Å². The van der Waals surface area contributed by atoms with E-state index in [1.807, 2.05) is 11.4 Å². The third kappa shape index (κ3) is 6.76. The van der Waals surface area contributed by atoms with Crippen molar-refractivity contribution in [3.05, 3.63) is 64.0 Å². The van der Waals surface area contributed by atoms with E-state index in [1.165, 1.54) is 17.4 Å². The number of rotatable bonds is 10. The van der Waals surface area contributed by atoms with E-state index in [-0.39, 0.29) is 18.2 Å². The molecule has 1 unspecified atom stereocenters. The quantitative estimate of drug-likeness (QED) is 0.255. The second-order valence-electron chi connectivity index (χ2n) is 9.04. The molecule has 39 heavy (non-hydrogen) atoms. The molecule has 1 atom stereocenters. The summed E-state index contributed by atoms with van der Waals surface area (Å²) in [7, 11) is 0. The van der Waals surface area contributed by atoms with Crippen LogP contribution in [0.4, 0.5) is 8.78 Å². The van der Waals surface area contributed by atoms with Crippen molar-refractivity contribution < 1.29 is 28.2 Å². The number of carbonyl (C=O) groups excluding carboxylic acids is 1. The zero-order valence-electron chi connectivity index (χ0n) is 20.7. The Morgan fingerprint density at radius 1 is 1.05 bits per heavy atom. The molecule has 0 amide bonds. The smallest absolute Gasteiger partial charge is 0.241 e. The molecule has 5 rings (SSSR count). The molecule has 1 aliphatic rings. The van der Waals surface area contributed by atoms with E-state index in [1.54, 1.807) is 18.2 Å². The van der Waals surface area contributed by atoms with Crippen LogP contribution in [0.1, 0.15) is 0 Å². The lowest BCUT2D eigenvalue weighted by molar-refractivity contribution is -0.109. The van der Waals surface area contributed by atoms with Gasteiger partial charge in [-0.2, -0.15) is 4.98 Å². The Morgan fingerprint density at radius 3 is 2.56 bits per heavy atom. The van der Waals surface area contributed by atoms with Crippen molar-refractivity contribution >= 4 is 43.8 Å². The first-order chi connectivity index (χ1) is 18.9. The minimum absolute atomic E-state index is 0.116. The van der Waals surface area contributed by atoms with Crippen LogP contribution >= 0.6 is 27.3 Å². The van der Waals surface area contributed by atoms with Gasteiger partial charge in [0.15, 0.2) is 17.4 Å². The van der Waals surface area contributed by atoms with Gasteiger partial charge in [0.05, 0.1) is 16.5 Å². The van der Waals surface area contributed by atoms with Gasteiger partial charge in [-0.3, -0.25) is 9.80 Å². The molecule has 1 N–H and O–H groups in total. The summed E-state index contributed by atoms with van der Waals surface area (Å²) in [5, 5.41) is 12.3. The highest BCUT2D eigenvalue weighted by Gasteiger charge is 2.20. The first-order valence-corrected chi connectivity index (χ1v) is 13.9. The van der Waals surface area contributed by atoms with Gasteiger partial charge in [0.1, 0.15) is 35.3 Å². The fourth-order valence-electron chi connectivity index (χ4n) is 4.25. The largest absolute Gasteiger partial charge is 0.490 e. The molecule has 2 aromatic heterocycles. The van der Waals surface area contributed by atoms with Crippen molar-refractivity contribution in [1.29, 1.82) is 0 Å². The molecule has 1 fully saturated rings. The molecule has 1 aliphatic heterocycles. The number of halogens is 3. The normalized spacial score (nSPS) is 15.4. The number of carbonyl (C=O) groups is 1. The molecule has 2 aromatic carbocycles. The topological polar surface area (TPSA) is 88.0 Å². The molecule has 0 saturated carbocycles. The lowest BCUT2D eigenvalue weighted by atomic mass is 10.2. The molecule has 0 spiro atoms. The van der Waals surface area contributed by atoms with E-state index >= 15 is 0 Å². The second kappa shape index (κ2) is 12.4. The summed E-state index contributed by atoms with van der Waals surface area (Å²) in [5.74, 6) is -0.580. The highest BCUT2D eigenvalue weighted by molar-refractivity contribution is 9.10. The lowest BCUT2D eigenvalue weighted by Gasteiger charge is -2.34. The number of fused-ring (bicyclic) bond motifs is 1. The van der Waals surface area contributed by atoms with Gasteiger partial charge < -0.3 is 19.4 Å². The molecule has 3 heterocycles. The van der Waals surface area contributed by atoms with Crippen LogP contribution in [0, 0.1) is 11.6 Å². The first kappa shape index (κ1) is 27.5. The van der Waals surface area contributed by atoms with E-state index in [0.29, 0.717) is 44.9 Å². The van der Waals surface area contributed by atoms with E-state index in [4.69, 9.17) is 9.47 Å². The van der Waals surface area contributed by atoms with Crippen LogP contribution < -0.4 is 9.47 Å². The maximum absolute atomic E-state index is 14.2. The van der Waals surface area contributed by atoms with E-state index in [0.717, 1.165) is 44.6 Å². The van der Waals surface area contributed by atoms with Gasteiger partial charge in [-0.05, 0) is 57.7 Å². The maximum Gasteiger partial charge on any atom is 0.241 e. The monoisotopic (exact) mass is 618 g/mol. The molecule has 4 aromatic rings. The third-order valence-electron chi connectivity index (χ3n) is 6.26. The van der Waals surface area contributed by atoms with Crippen LogP contribution in [-0.2, 0) is 4.79 Å². The van der Waals surface area contributed by atoms with Crippen LogP contribution in [0.25, 0.3) is 21.6 Å². The molecule has 0 aliphatic carbocycles. The van der Waals surface area contributed by atoms with Crippen molar-refractivity contribution in [2.45, 2.75) is 6.10 Å². The Bertz CT molecular complexity index is 1470. The molecular weight excluding hydrogens is 594 g/mol. The lowest BCUT2D eigenvalue weighted by Crippen LogP contribution is -2.49. The van der Waals surface area contributed by atoms with Crippen molar-refractivity contribution in [2.75, 3.05) is 45.9 Å². The van der Waals surface area contributed by atoms with E-state index in [9.17, 15) is 18.7 Å². The Morgan fingerprint density at radius 2 is 1.82 bits per heavy atom. The molecular formula is C27H25BrF2N4O4S. The van der Waals surface area contributed by atoms with Gasteiger partial charge >= 0.3 is 0 Å². The van der Waals surface area contributed by atoms with Gasteiger partial charge in [-0.1, -0.05) is 0 Å². The predicted molar refractivity (Wildman–Crippen MR) is 147 cm³/mol. The number of nitrogens with zero attached hydrogens (tertiary/aromatic N) is 4. The number of aliphatic hydroxyl groups is 1. The van der Waals surface area contributed by atoms with Gasteiger partial charge in [-0.15, -0.1) is 11.3 Å². The number of β-amino-alcohol motifs (C(OH)–C–C–N with tert-alkyl or cyclic N) is 1. The van der Waals surface area contributed by atoms with E-state index < -0.39 is 17.7 Å². The summed E-state index contributed by atoms with van der Waals surface area (Å²) in [5.41, 5.74) is 1.30. The van der Waals surface area contributed by atoms with Gasteiger partial charge in [0.2, 0.25) is 5.88 Å². The minimum Gasteiger partial charge on any atom is -0.490 e. The summed E-state index contributed by atoms with van der Waals surface area (Å²) >= 11 is 4.88. The number of piperazine rings is 1. The third-order valence-corrected chi connectivity index (χ3v) is 7.77. The number of aldehydes is 1. The van der Waals surface area contributed by atoms with Crippen LogP contribution in [0.5, 0.6) is 17.4 Å². The number of hydrogen-bond acceptors (Lipinski definition) is 9. The van der Waals surface area contributed by atoms with Gasteiger partial charge in [0, 0.05) is 44.4 Å². The molecule has 1 saturated heterocycles. The van der Waals surface area contributed by atoms with Crippen molar-refractivity contribution in [3.8, 4) is 28.8 Å². The summed E-state index contributed by atoms with van der Waals surface area (Å²) < 4.78 is 40.4. The summed E-state index contributed by atoms with van der Waals surface area (Å²) in [6, 6.07) is 10.2. The predicted octanol–water partition coefficient (Wildman–Crippen LogP) is 4.75. The standard InChI is InChI=1S/C27H25BrF2N4O4S/c28-20-13-17(1-3-23(20)37-16-19(36)15-34-8-6-33(7-9-34)10-11-35)26-31-22-5-12-39-25(22)27(32-26)38-24-4-2-18(29)14-21(24)30/h1-5,11-14,19,36H,6-10,15-16H2. The minimum atomic E-state index is -0.827. The van der Waals surface area contributed by atoms with Crippen molar-refractivity contribution in [2.24, 2.45) is 0 Å². The van der Waals surface area contributed by atoms with Crippen molar-refractivity contribution in [1.82, 2.24) is 19.8 Å². The van der Waals surface area contributed by atoms with Gasteiger partial charge in [-0.25, -0.2) is 13.8 Å². The zero-order chi connectivity index (χ0) is 27.4. The molecule has 0 radical (unpaired) electrons. The fraction of sp³-hybridized carbons (Fsp3) is 0.296. The van der Waals surface area contributed by atoms with Crippen molar-refractivity contribution in [3.63, 3.8) is 0 Å². The molecule has 204 valence electrons. The number of aromatic nitrogens is 2. The summed E-state index contributed by atoms with van der Waals surface area (Å²) in [6.07, 6.45) is 0.237. The average Bonchev–Trinajstić information content (AvgIpc) is 3.40. The molecule has 0 bridgehead atoms. The second-order valence-corrected chi connectivity index (χ2v) is 10.8. The Kier molecular flexibility index (Phi) is 8.78. The summed E-state index contributed by atoms with van der Waals surface area (Å²) in [4.78, 5) is 24.0. The van der Waals surface area contributed by atoms with Crippen LogP contribution in [0.2, 0.25) is 0 Å². The number of ether oxygens (including phenoxy) is 2. The highest BCUT2D eigenvalue weighted by atomic mass is 79.9. The molecule has 12 heteroatoms. The Balaban J connectivity index is 1.26. The zero-order valence-corrected chi connectivity index (χ0v) is 23.1. The first-order valence-electron chi connectivity index (χ1n) is 12.3. The number of hydrogen-bond donors (Lipinski definition) is 1. The van der Waals surface area contributed by atoms with Crippen LogP contribution in [0.3, 0.4) is 0 Å². The number of benzene rings is 2. The Hall–Kier alpha value is -3.03. The van der Waals surface area contributed by atoms with E-state index in [2.05, 4.69) is 35.7 Å². The SMILES string of the molecule is O=CCN1CCN(CC(O)COc2ccc(-c3nc(Oc4ccc(F)cc4F)c4sccc4n3)cc2Br)CC1. The highest BCUT2D eigenvalue weighted by Crippen LogP contribution is 2.36. The maximum atomic E-state index is 14.2. The Labute approximate surface area is 235 Å².